The van der Waals surface area contributed by atoms with Crippen molar-refractivity contribution in [3.63, 3.8) is 0 Å². The fourth-order valence-corrected chi connectivity index (χ4v) is 4.44. The maximum atomic E-state index is 4.86. The zero-order chi connectivity index (χ0) is 21.4. The lowest BCUT2D eigenvalue weighted by molar-refractivity contribution is 0.271. The summed E-state index contributed by atoms with van der Waals surface area (Å²) >= 11 is 0. The summed E-state index contributed by atoms with van der Waals surface area (Å²) in [5.74, 6) is 1.32. The van der Waals surface area contributed by atoms with E-state index in [0.717, 1.165) is 68.5 Å². The molecule has 1 saturated heterocycles. The van der Waals surface area contributed by atoms with Gasteiger partial charge < -0.3 is 15.1 Å². The summed E-state index contributed by atoms with van der Waals surface area (Å²) in [6.45, 7) is 11.9. The summed E-state index contributed by atoms with van der Waals surface area (Å²) < 4.78 is 2.06. The second kappa shape index (κ2) is 8.26. The molecule has 1 aliphatic heterocycles. The number of rotatable bonds is 5. The number of pyridine rings is 1. The number of aromatic nitrogens is 5. The number of hydrogen-bond donors (Lipinski definition) is 1. The van der Waals surface area contributed by atoms with Crippen LogP contribution in [0.1, 0.15) is 37.9 Å². The molecule has 0 amide bonds. The van der Waals surface area contributed by atoms with Crippen LogP contribution in [0.4, 0.5) is 17.5 Å². The molecule has 0 saturated carbocycles. The van der Waals surface area contributed by atoms with Gasteiger partial charge in [0.25, 0.3) is 0 Å². The Morgan fingerprint density at radius 3 is 2.48 bits per heavy atom. The number of anilines is 3. The van der Waals surface area contributed by atoms with E-state index in [1.807, 2.05) is 24.7 Å². The molecule has 2 aliphatic rings. The van der Waals surface area contributed by atoms with Crippen LogP contribution in [0.5, 0.6) is 0 Å². The second-order valence-corrected chi connectivity index (χ2v) is 8.57. The molecule has 31 heavy (non-hydrogen) atoms. The highest BCUT2D eigenvalue weighted by Gasteiger charge is 2.24. The lowest BCUT2D eigenvalue weighted by Crippen LogP contribution is -2.46. The molecule has 1 fully saturated rings. The number of piperazine rings is 1. The quantitative estimate of drug-likeness (QED) is 0.681. The maximum Gasteiger partial charge on any atom is 0.228 e. The van der Waals surface area contributed by atoms with E-state index in [1.54, 1.807) is 0 Å². The summed E-state index contributed by atoms with van der Waals surface area (Å²) in [6.07, 6.45) is 7.79. The summed E-state index contributed by atoms with van der Waals surface area (Å²) in [7, 11) is 0. The van der Waals surface area contributed by atoms with Gasteiger partial charge in [-0.1, -0.05) is 6.92 Å². The normalized spacial score (nSPS) is 16.3. The van der Waals surface area contributed by atoms with Crippen LogP contribution in [0.3, 0.4) is 0 Å². The minimum Gasteiger partial charge on any atom is -0.368 e. The highest BCUT2D eigenvalue weighted by Crippen LogP contribution is 2.34. The smallest absolute Gasteiger partial charge is 0.228 e. The Kier molecular flexibility index (Phi) is 5.31. The van der Waals surface area contributed by atoms with Crippen molar-refractivity contribution in [3.8, 4) is 11.4 Å². The van der Waals surface area contributed by atoms with Crippen LogP contribution in [0.25, 0.3) is 11.4 Å². The van der Waals surface area contributed by atoms with E-state index in [9.17, 15) is 0 Å². The van der Waals surface area contributed by atoms with Crippen molar-refractivity contribution in [3.05, 3.63) is 41.9 Å². The van der Waals surface area contributed by atoms with Crippen molar-refractivity contribution >= 4 is 17.5 Å². The minimum atomic E-state index is 0.287. The van der Waals surface area contributed by atoms with Gasteiger partial charge in [-0.15, -0.1) is 0 Å². The molecule has 0 bridgehead atoms. The Morgan fingerprint density at radius 2 is 1.77 bits per heavy atom. The Balaban J connectivity index is 1.34. The zero-order valence-electron chi connectivity index (χ0n) is 18.5. The first-order valence-corrected chi connectivity index (χ1v) is 11.3. The molecule has 3 aromatic rings. The molecular formula is C23H30N8. The van der Waals surface area contributed by atoms with Gasteiger partial charge in [0, 0.05) is 44.0 Å². The van der Waals surface area contributed by atoms with Gasteiger partial charge in [-0.05, 0) is 50.9 Å². The van der Waals surface area contributed by atoms with Crippen LogP contribution in [-0.4, -0.2) is 62.4 Å². The van der Waals surface area contributed by atoms with Crippen molar-refractivity contribution in [2.24, 2.45) is 0 Å². The molecule has 0 aromatic carbocycles. The SMILES string of the molecule is CCN1CCN(c2ccc(Nc3ncc4c(n3)-c3c(cnn3C(C)C)CC4)nc2)CC1. The highest BCUT2D eigenvalue weighted by atomic mass is 15.3. The number of aryl methyl sites for hydroxylation is 2. The van der Waals surface area contributed by atoms with Gasteiger partial charge in [0.05, 0.1) is 29.5 Å². The molecule has 0 spiro atoms. The van der Waals surface area contributed by atoms with Crippen LogP contribution in [-0.2, 0) is 12.8 Å². The monoisotopic (exact) mass is 418 g/mol. The van der Waals surface area contributed by atoms with Crippen LogP contribution in [0, 0.1) is 0 Å². The predicted octanol–water partition coefficient (Wildman–Crippen LogP) is 3.30. The molecule has 3 aromatic heterocycles. The molecule has 5 rings (SSSR count). The fraction of sp³-hybridized carbons (Fsp3) is 0.478. The summed E-state index contributed by atoms with van der Waals surface area (Å²) in [5.41, 5.74) is 5.70. The van der Waals surface area contributed by atoms with Crippen molar-refractivity contribution in [1.29, 1.82) is 0 Å². The van der Waals surface area contributed by atoms with Gasteiger partial charge in [0.2, 0.25) is 5.95 Å². The number of hydrogen-bond acceptors (Lipinski definition) is 7. The third-order valence-electron chi connectivity index (χ3n) is 6.29. The third-order valence-corrected chi connectivity index (χ3v) is 6.29. The average molecular weight is 419 g/mol. The van der Waals surface area contributed by atoms with E-state index in [4.69, 9.17) is 4.98 Å². The summed E-state index contributed by atoms with van der Waals surface area (Å²) in [4.78, 5) is 18.9. The lowest BCUT2D eigenvalue weighted by atomic mass is 9.95. The Hall–Kier alpha value is -3.00. The van der Waals surface area contributed by atoms with Gasteiger partial charge in [0.1, 0.15) is 5.82 Å². The minimum absolute atomic E-state index is 0.287. The largest absolute Gasteiger partial charge is 0.368 e. The molecule has 1 aliphatic carbocycles. The van der Waals surface area contributed by atoms with Crippen LogP contribution < -0.4 is 10.2 Å². The number of nitrogens with zero attached hydrogens (tertiary/aromatic N) is 7. The van der Waals surface area contributed by atoms with Gasteiger partial charge in [-0.2, -0.15) is 5.10 Å². The van der Waals surface area contributed by atoms with E-state index in [2.05, 4.69) is 61.7 Å². The molecular weight excluding hydrogens is 388 g/mol. The lowest BCUT2D eigenvalue weighted by Gasteiger charge is -2.35. The zero-order valence-corrected chi connectivity index (χ0v) is 18.5. The fourth-order valence-electron chi connectivity index (χ4n) is 4.44. The molecule has 8 nitrogen and oxygen atoms in total. The molecule has 8 heteroatoms. The first-order chi connectivity index (χ1) is 15.1. The van der Waals surface area contributed by atoms with Crippen LogP contribution >= 0.6 is 0 Å². The average Bonchev–Trinajstić information content (AvgIpc) is 3.25. The first kappa shape index (κ1) is 19.9. The van der Waals surface area contributed by atoms with E-state index in [-0.39, 0.29) is 6.04 Å². The Bertz CT molecular complexity index is 1050. The molecule has 4 heterocycles. The number of likely N-dealkylation sites (N-methyl/N-ethyl adjacent to an activating group) is 1. The molecule has 162 valence electrons. The predicted molar refractivity (Wildman–Crippen MR) is 123 cm³/mol. The first-order valence-electron chi connectivity index (χ1n) is 11.3. The van der Waals surface area contributed by atoms with Gasteiger partial charge in [-0.3, -0.25) is 4.68 Å². The summed E-state index contributed by atoms with van der Waals surface area (Å²) in [6, 6.07) is 4.42. The molecule has 0 atom stereocenters. The van der Waals surface area contributed by atoms with Crippen LogP contribution in [0.2, 0.25) is 0 Å². The molecule has 0 radical (unpaired) electrons. The van der Waals surface area contributed by atoms with E-state index >= 15 is 0 Å². The van der Waals surface area contributed by atoms with Crippen molar-refractivity contribution in [2.75, 3.05) is 42.9 Å². The topological polar surface area (TPSA) is 75.0 Å². The Morgan fingerprint density at radius 1 is 0.968 bits per heavy atom. The van der Waals surface area contributed by atoms with Gasteiger partial charge in [-0.25, -0.2) is 15.0 Å². The highest BCUT2D eigenvalue weighted by molar-refractivity contribution is 5.67. The molecule has 0 unspecified atom stereocenters. The number of nitrogens with one attached hydrogen (secondary N) is 1. The number of fused-ring (bicyclic) bond motifs is 3. The third kappa shape index (κ3) is 3.87. The molecule has 1 N–H and O–H groups in total. The maximum absolute atomic E-state index is 4.86. The Labute approximate surface area is 183 Å². The van der Waals surface area contributed by atoms with Gasteiger partial charge >= 0.3 is 0 Å². The van der Waals surface area contributed by atoms with Crippen molar-refractivity contribution in [2.45, 2.75) is 39.7 Å². The summed E-state index contributed by atoms with van der Waals surface area (Å²) in [5, 5.41) is 7.87. The standard InChI is InChI=1S/C23H30N8/c1-4-29-9-11-30(12-10-29)19-7-8-20(24-15-19)27-23-25-13-17-5-6-18-14-26-31(16(2)3)22(18)21(17)28-23/h7-8,13-16H,4-6,9-12H2,1-3H3,(H,24,25,27,28). The van der Waals surface area contributed by atoms with E-state index < -0.39 is 0 Å². The van der Waals surface area contributed by atoms with E-state index in [1.165, 1.54) is 11.1 Å². The van der Waals surface area contributed by atoms with Crippen molar-refractivity contribution in [1.82, 2.24) is 29.6 Å². The van der Waals surface area contributed by atoms with Gasteiger partial charge in [0.15, 0.2) is 0 Å². The van der Waals surface area contributed by atoms with Crippen molar-refractivity contribution < 1.29 is 0 Å². The van der Waals surface area contributed by atoms with E-state index in [0.29, 0.717) is 5.95 Å². The second-order valence-electron chi connectivity index (χ2n) is 8.57. The van der Waals surface area contributed by atoms with Crippen LogP contribution in [0.15, 0.2) is 30.7 Å².